The fraction of sp³-hybridized carbons (Fsp3) is 0.609. The highest BCUT2D eigenvalue weighted by atomic mass is 19.1. The van der Waals surface area contributed by atoms with E-state index in [-0.39, 0.29) is 29.0 Å². The zero-order valence-electron chi connectivity index (χ0n) is 19.8. The van der Waals surface area contributed by atoms with Crippen LogP contribution in [-0.4, -0.2) is 40.1 Å². The Bertz CT molecular complexity index is 1220. The average Bonchev–Trinajstić information content (AvgIpc) is 3.42. The zero-order chi connectivity index (χ0) is 24.2. The molecule has 10 heteroatoms. The number of anilines is 1. The third-order valence-electron chi connectivity index (χ3n) is 6.49. The molecule has 4 rings (SSSR count). The first-order valence-corrected chi connectivity index (χ1v) is 11.4. The maximum Gasteiger partial charge on any atom is 0.407 e. The van der Waals surface area contributed by atoms with Crippen LogP contribution in [0.1, 0.15) is 58.6 Å². The van der Waals surface area contributed by atoms with Crippen molar-refractivity contribution < 1.29 is 13.9 Å². The predicted octanol–water partition coefficient (Wildman–Crippen LogP) is 2.40. The Morgan fingerprint density at radius 1 is 1.27 bits per heavy atom. The van der Waals surface area contributed by atoms with Gasteiger partial charge in [-0.3, -0.25) is 9.36 Å². The molecule has 1 saturated carbocycles. The first-order chi connectivity index (χ1) is 15.4. The van der Waals surface area contributed by atoms with E-state index in [0.29, 0.717) is 29.0 Å². The van der Waals surface area contributed by atoms with Crippen molar-refractivity contribution in [3.63, 3.8) is 0 Å². The number of carbonyl (C=O) groups is 1. The van der Waals surface area contributed by atoms with Crippen LogP contribution in [0.2, 0.25) is 0 Å². The molecule has 33 heavy (non-hydrogen) atoms. The van der Waals surface area contributed by atoms with Crippen molar-refractivity contribution in [1.29, 1.82) is 0 Å². The molecule has 1 saturated heterocycles. The number of aryl methyl sites for hydroxylation is 1. The van der Waals surface area contributed by atoms with Gasteiger partial charge in [0.25, 0.3) is 5.56 Å². The van der Waals surface area contributed by atoms with Gasteiger partial charge in [0.05, 0.1) is 16.6 Å². The van der Waals surface area contributed by atoms with Gasteiger partial charge in [-0.25, -0.2) is 14.0 Å². The molecule has 2 heterocycles. The van der Waals surface area contributed by atoms with Crippen LogP contribution in [0.15, 0.2) is 15.7 Å². The average molecular weight is 462 g/mol. The number of carbonyl (C=O) groups excluding carboxylic acids is 1. The monoisotopic (exact) mass is 461 g/mol. The number of hydrogen-bond donors (Lipinski definition) is 2. The van der Waals surface area contributed by atoms with Crippen molar-refractivity contribution >= 4 is 22.7 Å². The number of nitrogens with two attached hydrogens (primary N) is 1. The predicted molar refractivity (Wildman–Crippen MR) is 125 cm³/mol. The lowest BCUT2D eigenvalue weighted by atomic mass is 10.0. The number of nitrogen functional groups attached to an aromatic ring is 1. The van der Waals surface area contributed by atoms with E-state index in [2.05, 4.69) is 5.32 Å². The molecule has 1 aliphatic carbocycles. The number of nitrogens with zero attached hydrogens (tertiary/aromatic N) is 3. The van der Waals surface area contributed by atoms with Crippen molar-refractivity contribution in [2.45, 2.75) is 71.6 Å². The number of aromatic nitrogens is 2. The Morgan fingerprint density at radius 2 is 1.94 bits per heavy atom. The summed E-state index contributed by atoms with van der Waals surface area (Å²) in [6, 6.07) is 1.41. The minimum atomic E-state index is -0.690. The lowest BCUT2D eigenvalue weighted by Gasteiger charge is -2.26. The highest BCUT2D eigenvalue weighted by Gasteiger charge is 2.33. The smallest absolute Gasteiger partial charge is 0.407 e. The first kappa shape index (κ1) is 23.1. The van der Waals surface area contributed by atoms with E-state index in [0.717, 1.165) is 19.3 Å². The maximum atomic E-state index is 15.5. The largest absolute Gasteiger partial charge is 0.444 e. The van der Waals surface area contributed by atoms with Crippen molar-refractivity contribution in [1.82, 2.24) is 14.6 Å². The number of fused-ring (bicyclic) bond motifs is 1. The molecule has 0 bridgehead atoms. The summed E-state index contributed by atoms with van der Waals surface area (Å²) in [6.07, 6.45) is 1.91. The normalized spacial score (nSPS) is 19.7. The van der Waals surface area contributed by atoms with E-state index in [4.69, 9.17) is 10.6 Å². The van der Waals surface area contributed by atoms with Gasteiger partial charge < -0.3 is 20.8 Å². The van der Waals surface area contributed by atoms with Crippen LogP contribution < -0.4 is 27.3 Å². The number of ether oxygens (including phenoxy) is 1. The first-order valence-electron chi connectivity index (χ1n) is 11.4. The molecule has 1 aromatic heterocycles. The van der Waals surface area contributed by atoms with Crippen LogP contribution in [0.25, 0.3) is 10.9 Å². The number of amides is 1. The van der Waals surface area contributed by atoms with Gasteiger partial charge >= 0.3 is 11.8 Å². The Hall–Kier alpha value is -3.04. The molecule has 2 fully saturated rings. The van der Waals surface area contributed by atoms with Gasteiger partial charge in [-0.1, -0.05) is 0 Å². The molecule has 2 aromatic rings. The number of nitrogens with one attached hydrogen (secondary N) is 1. The fourth-order valence-electron chi connectivity index (χ4n) is 4.59. The molecule has 1 aliphatic heterocycles. The molecule has 180 valence electrons. The third-order valence-corrected chi connectivity index (χ3v) is 6.49. The van der Waals surface area contributed by atoms with Gasteiger partial charge in [-0.2, -0.15) is 4.68 Å². The Morgan fingerprint density at radius 3 is 2.55 bits per heavy atom. The molecular formula is C23H32FN5O4. The second-order valence-corrected chi connectivity index (χ2v) is 10.2. The van der Waals surface area contributed by atoms with E-state index in [1.807, 2.05) is 11.8 Å². The van der Waals surface area contributed by atoms with Gasteiger partial charge in [-0.05, 0) is 65.9 Å². The number of rotatable bonds is 4. The summed E-state index contributed by atoms with van der Waals surface area (Å²) in [4.78, 5) is 39.4. The number of benzene rings is 1. The van der Waals surface area contributed by atoms with Crippen molar-refractivity contribution in [3.05, 3.63) is 38.3 Å². The van der Waals surface area contributed by atoms with E-state index < -0.39 is 28.8 Å². The molecule has 0 radical (unpaired) electrons. The molecule has 9 nitrogen and oxygen atoms in total. The number of alkyl carbamates (subject to hydrolysis) is 1. The summed E-state index contributed by atoms with van der Waals surface area (Å²) in [5, 5.41) is 3.01. The second-order valence-electron chi connectivity index (χ2n) is 10.2. The number of halogens is 1. The molecule has 2 atom stereocenters. The van der Waals surface area contributed by atoms with Gasteiger partial charge in [0.1, 0.15) is 11.4 Å². The maximum absolute atomic E-state index is 15.5. The third kappa shape index (κ3) is 4.30. The van der Waals surface area contributed by atoms with E-state index in [1.165, 1.54) is 4.57 Å². The summed E-state index contributed by atoms with van der Waals surface area (Å²) >= 11 is 0. The summed E-state index contributed by atoms with van der Waals surface area (Å²) in [5.41, 5.74) is -0.895. The van der Waals surface area contributed by atoms with Crippen LogP contribution in [0.3, 0.4) is 0 Å². The van der Waals surface area contributed by atoms with Crippen molar-refractivity contribution in [3.8, 4) is 0 Å². The summed E-state index contributed by atoms with van der Waals surface area (Å²) in [5.74, 6) is 5.32. The van der Waals surface area contributed by atoms with E-state index in [1.54, 1.807) is 33.8 Å². The van der Waals surface area contributed by atoms with Crippen LogP contribution in [0.5, 0.6) is 0 Å². The summed E-state index contributed by atoms with van der Waals surface area (Å²) < 4.78 is 22.9. The van der Waals surface area contributed by atoms with Crippen LogP contribution >= 0.6 is 0 Å². The zero-order valence-corrected chi connectivity index (χ0v) is 19.8. The molecule has 1 aromatic carbocycles. The lowest BCUT2D eigenvalue weighted by molar-refractivity contribution is 0.0494. The Labute approximate surface area is 191 Å². The molecule has 2 aliphatic rings. The van der Waals surface area contributed by atoms with Crippen molar-refractivity contribution in [2.75, 3.05) is 23.8 Å². The van der Waals surface area contributed by atoms with Gasteiger partial charge in [0.15, 0.2) is 0 Å². The molecule has 3 N–H and O–H groups in total. The summed E-state index contributed by atoms with van der Waals surface area (Å²) in [7, 11) is 0. The Balaban J connectivity index is 1.64. The minimum absolute atomic E-state index is 0.0301. The van der Waals surface area contributed by atoms with E-state index in [9.17, 15) is 14.4 Å². The van der Waals surface area contributed by atoms with Crippen LogP contribution in [-0.2, 0) is 4.74 Å². The summed E-state index contributed by atoms with van der Waals surface area (Å²) in [6.45, 7) is 9.99. The fourth-order valence-corrected chi connectivity index (χ4v) is 4.59. The lowest BCUT2D eigenvalue weighted by Crippen LogP contribution is -2.45. The second kappa shape index (κ2) is 8.07. The van der Waals surface area contributed by atoms with Crippen LogP contribution in [0.4, 0.5) is 14.9 Å². The standard InChI is InChI=1S/C23H32FN5O4/c1-12-18-16(28(15-6-7-15)22(32)29(25)20(18)30)10-17(19(12)24)27-9-8-14(11-27)13(2)26-21(31)33-23(3,4)5/h10,13-15H,6-9,11,25H2,1-5H3,(H,26,31)/t13?,14-/m0/s1. The number of hydrogen-bond acceptors (Lipinski definition) is 6. The topological polar surface area (TPSA) is 112 Å². The molecule has 1 unspecified atom stereocenters. The van der Waals surface area contributed by atoms with Gasteiger partial charge in [-0.15, -0.1) is 0 Å². The van der Waals surface area contributed by atoms with Gasteiger partial charge in [0.2, 0.25) is 0 Å². The van der Waals surface area contributed by atoms with Gasteiger partial charge in [0, 0.05) is 30.7 Å². The molecule has 1 amide bonds. The highest BCUT2D eigenvalue weighted by Crippen LogP contribution is 2.38. The van der Waals surface area contributed by atoms with E-state index >= 15 is 4.39 Å². The highest BCUT2D eigenvalue weighted by molar-refractivity contribution is 5.86. The Kier molecular flexibility index (Phi) is 5.66. The quantitative estimate of drug-likeness (QED) is 0.677. The van der Waals surface area contributed by atoms with Crippen LogP contribution in [0, 0.1) is 18.7 Å². The van der Waals surface area contributed by atoms with Crippen molar-refractivity contribution in [2.24, 2.45) is 5.92 Å². The minimum Gasteiger partial charge on any atom is -0.444 e. The SMILES string of the molecule is Cc1c(F)c(N2CC[C@H](C(C)NC(=O)OC(C)(C)C)C2)cc2c1c(=O)n(N)c(=O)n2C1CC1. The molecule has 0 spiro atoms. The molecular weight excluding hydrogens is 429 g/mol.